The van der Waals surface area contributed by atoms with Crippen LogP contribution in [0.15, 0.2) is 29.4 Å². The van der Waals surface area contributed by atoms with E-state index in [1.807, 2.05) is 0 Å². The topological polar surface area (TPSA) is 59.4 Å². The number of aromatic nitrogens is 5. The molecule has 0 saturated carbocycles. The van der Waals surface area contributed by atoms with Crippen molar-refractivity contribution in [3.63, 3.8) is 0 Å². The number of aryl methyl sites for hydroxylation is 1. The van der Waals surface area contributed by atoms with Gasteiger partial charge in [-0.25, -0.2) is 9.97 Å². The highest BCUT2D eigenvalue weighted by molar-refractivity contribution is 7.98. The number of benzene rings is 1. The standard InChI is InChI=1S/C14H15F2N5S/c1-2-5-11-18-14(20-19-11)22-8-12-17-9-6-3-4-7-10(9)21(12)13(15)16/h3-4,6-7,13H,2,5,8H2,1H3,(H,18,19,20). The molecule has 22 heavy (non-hydrogen) atoms. The molecule has 0 aliphatic heterocycles. The number of thioether (sulfide) groups is 1. The zero-order chi connectivity index (χ0) is 15.5. The summed E-state index contributed by atoms with van der Waals surface area (Å²) in [6.07, 6.45) is 1.80. The van der Waals surface area contributed by atoms with Gasteiger partial charge in [0.05, 0.1) is 16.8 Å². The molecule has 8 heteroatoms. The summed E-state index contributed by atoms with van der Waals surface area (Å²) in [7, 11) is 0. The molecule has 0 radical (unpaired) electrons. The molecule has 2 aromatic heterocycles. The van der Waals surface area contributed by atoms with Crippen LogP contribution in [0.3, 0.4) is 0 Å². The normalized spacial score (nSPS) is 11.6. The third-order valence-corrected chi connectivity index (χ3v) is 4.04. The second-order valence-electron chi connectivity index (χ2n) is 4.77. The number of hydrogen-bond donors (Lipinski definition) is 1. The molecule has 3 aromatic rings. The Balaban J connectivity index is 1.82. The van der Waals surface area contributed by atoms with Gasteiger partial charge < -0.3 is 0 Å². The van der Waals surface area contributed by atoms with Crippen LogP contribution in [0.1, 0.15) is 31.5 Å². The Kier molecular flexibility index (Phi) is 4.37. The van der Waals surface area contributed by atoms with E-state index in [9.17, 15) is 8.78 Å². The van der Waals surface area contributed by atoms with Crippen LogP contribution in [0, 0.1) is 0 Å². The Morgan fingerprint density at radius 2 is 2.09 bits per heavy atom. The molecule has 0 saturated heterocycles. The monoisotopic (exact) mass is 323 g/mol. The van der Waals surface area contributed by atoms with E-state index < -0.39 is 6.55 Å². The van der Waals surface area contributed by atoms with Gasteiger partial charge in [0.25, 0.3) is 0 Å². The second-order valence-corrected chi connectivity index (χ2v) is 5.71. The van der Waals surface area contributed by atoms with Gasteiger partial charge >= 0.3 is 6.55 Å². The summed E-state index contributed by atoms with van der Waals surface area (Å²) in [4.78, 5) is 8.60. The van der Waals surface area contributed by atoms with Gasteiger partial charge in [-0.3, -0.25) is 9.67 Å². The number of halogens is 2. The van der Waals surface area contributed by atoms with Crippen molar-refractivity contribution in [1.82, 2.24) is 24.7 Å². The summed E-state index contributed by atoms with van der Waals surface area (Å²) < 4.78 is 27.6. The molecule has 0 amide bonds. The molecule has 0 unspecified atom stereocenters. The van der Waals surface area contributed by atoms with E-state index >= 15 is 0 Å². The Hall–Kier alpha value is -1.96. The molecule has 1 N–H and O–H groups in total. The fourth-order valence-electron chi connectivity index (χ4n) is 2.23. The van der Waals surface area contributed by atoms with Crippen LogP contribution in [0.5, 0.6) is 0 Å². The van der Waals surface area contributed by atoms with Crippen LogP contribution in [0.25, 0.3) is 11.0 Å². The van der Waals surface area contributed by atoms with Crippen LogP contribution >= 0.6 is 11.8 Å². The molecule has 0 aliphatic rings. The first-order chi connectivity index (χ1) is 10.7. The first kappa shape index (κ1) is 15.0. The Bertz CT molecular complexity index is 768. The average molecular weight is 323 g/mol. The summed E-state index contributed by atoms with van der Waals surface area (Å²) in [5.74, 6) is 1.43. The molecule has 0 spiro atoms. The Morgan fingerprint density at radius 1 is 1.27 bits per heavy atom. The second kappa shape index (κ2) is 6.43. The van der Waals surface area contributed by atoms with Gasteiger partial charge in [0.2, 0.25) is 5.16 Å². The minimum absolute atomic E-state index is 0.294. The lowest BCUT2D eigenvalue weighted by Gasteiger charge is -2.06. The predicted molar refractivity (Wildman–Crippen MR) is 80.9 cm³/mol. The lowest BCUT2D eigenvalue weighted by Crippen LogP contribution is -2.03. The quantitative estimate of drug-likeness (QED) is 0.701. The van der Waals surface area contributed by atoms with Crippen LogP contribution in [-0.2, 0) is 12.2 Å². The van der Waals surface area contributed by atoms with Gasteiger partial charge in [-0.15, -0.1) is 5.10 Å². The maximum absolute atomic E-state index is 13.3. The van der Waals surface area contributed by atoms with Crippen molar-refractivity contribution >= 4 is 22.8 Å². The zero-order valence-electron chi connectivity index (χ0n) is 12.0. The lowest BCUT2D eigenvalue weighted by molar-refractivity contribution is 0.0722. The number of para-hydroxylation sites is 2. The van der Waals surface area contributed by atoms with Gasteiger partial charge in [0.15, 0.2) is 0 Å². The third-order valence-electron chi connectivity index (χ3n) is 3.19. The van der Waals surface area contributed by atoms with Crippen molar-refractivity contribution in [3.05, 3.63) is 35.9 Å². The molecule has 2 heterocycles. The van der Waals surface area contributed by atoms with E-state index in [-0.39, 0.29) is 0 Å². The molecular weight excluding hydrogens is 308 g/mol. The Labute approximate surface area is 130 Å². The summed E-state index contributed by atoms with van der Waals surface area (Å²) in [5.41, 5.74) is 1.01. The lowest BCUT2D eigenvalue weighted by atomic mass is 10.3. The molecule has 0 aliphatic carbocycles. The van der Waals surface area contributed by atoms with Gasteiger partial charge in [-0.1, -0.05) is 30.8 Å². The smallest absolute Gasteiger partial charge is 0.269 e. The maximum Gasteiger partial charge on any atom is 0.320 e. The van der Waals surface area contributed by atoms with E-state index in [0.29, 0.717) is 27.8 Å². The van der Waals surface area contributed by atoms with Crippen molar-refractivity contribution in [2.45, 2.75) is 37.2 Å². The van der Waals surface area contributed by atoms with Crippen LogP contribution in [0.2, 0.25) is 0 Å². The number of nitrogens with one attached hydrogen (secondary N) is 1. The van der Waals surface area contributed by atoms with Crippen molar-refractivity contribution in [1.29, 1.82) is 0 Å². The molecule has 0 atom stereocenters. The summed E-state index contributed by atoms with van der Waals surface area (Å²) in [5, 5.41) is 7.48. The number of alkyl halides is 2. The predicted octanol–water partition coefficient (Wildman–Crippen LogP) is 3.79. The zero-order valence-corrected chi connectivity index (χ0v) is 12.8. The largest absolute Gasteiger partial charge is 0.320 e. The fourth-order valence-corrected chi connectivity index (χ4v) is 2.98. The minimum Gasteiger partial charge on any atom is -0.269 e. The van der Waals surface area contributed by atoms with Gasteiger partial charge in [-0.05, 0) is 18.6 Å². The van der Waals surface area contributed by atoms with Gasteiger partial charge in [-0.2, -0.15) is 8.78 Å². The van der Waals surface area contributed by atoms with E-state index in [1.165, 1.54) is 11.8 Å². The van der Waals surface area contributed by atoms with Crippen molar-refractivity contribution in [2.24, 2.45) is 0 Å². The number of H-pyrrole nitrogens is 1. The molecule has 5 nitrogen and oxygen atoms in total. The maximum atomic E-state index is 13.3. The highest BCUT2D eigenvalue weighted by Crippen LogP contribution is 2.27. The molecule has 3 rings (SSSR count). The average Bonchev–Trinajstić information content (AvgIpc) is 3.09. The molecule has 0 bridgehead atoms. The summed E-state index contributed by atoms with van der Waals surface area (Å²) in [6.45, 7) is -0.564. The Morgan fingerprint density at radius 3 is 2.86 bits per heavy atom. The molecular formula is C14H15F2N5S. The summed E-state index contributed by atoms with van der Waals surface area (Å²) in [6, 6.07) is 6.89. The SMILES string of the molecule is CCCc1nc(SCc2nc3ccccc3n2C(F)F)n[nH]1. The third kappa shape index (κ3) is 2.96. The number of rotatable bonds is 6. The van der Waals surface area contributed by atoms with Crippen molar-refractivity contribution in [3.8, 4) is 0 Å². The highest BCUT2D eigenvalue weighted by Gasteiger charge is 2.18. The number of nitrogens with zero attached hydrogens (tertiary/aromatic N) is 4. The van der Waals surface area contributed by atoms with Crippen LogP contribution < -0.4 is 0 Å². The minimum atomic E-state index is -2.62. The van der Waals surface area contributed by atoms with Crippen LogP contribution in [0.4, 0.5) is 8.78 Å². The number of imidazole rings is 1. The van der Waals surface area contributed by atoms with Crippen molar-refractivity contribution in [2.75, 3.05) is 0 Å². The number of aromatic amines is 1. The molecule has 0 fully saturated rings. The van der Waals surface area contributed by atoms with Crippen LogP contribution in [-0.4, -0.2) is 24.7 Å². The number of fused-ring (bicyclic) bond motifs is 1. The summed E-state index contributed by atoms with van der Waals surface area (Å²) >= 11 is 1.30. The van der Waals surface area contributed by atoms with E-state index in [2.05, 4.69) is 27.1 Å². The number of hydrogen-bond acceptors (Lipinski definition) is 4. The van der Waals surface area contributed by atoms with E-state index in [0.717, 1.165) is 23.2 Å². The molecule has 1 aromatic carbocycles. The first-order valence-electron chi connectivity index (χ1n) is 6.97. The van der Waals surface area contributed by atoms with Crippen molar-refractivity contribution < 1.29 is 8.78 Å². The van der Waals surface area contributed by atoms with Gasteiger partial charge in [0.1, 0.15) is 11.6 Å². The van der Waals surface area contributed by atoms with E-state index in [1.54, 1.807) is 24.3 Å². The highest BCUT2D eigenvalue weighted by atomic mass is 32.2. The first-order valence-corrected chi connectivity index (χ1v) is 7.95. The van der Waals surface area contributed by atoms with Gasteiger partial charge in [0, 0.05) is 6.42 Å². The molecule has 116 valence electrons. The van der Waals surface area contributed by atoms with E-state index in [4.69, 9.17) is 0 Å². The fraction of sp³-hybridized carbons (Fsp3) is 0.357.